The largest absolute Gasteiger partial charge is 0.359 e. The summed E-state index contributed by atoms with van der Waals surface area (Å²) >= 11 is 3.38. The van der Waals surface area contributed by atoms with Crippen LogP contribution >= 0.6 is 15.9 Å². The predicted molar refractivity (Wildman–Crippen MR) is 144 cm³/mol. The second-order valence-electron chi connectivity index (χ2n) is 6.46. The van der Waals surface area contributed by atoms with Gasteiger partial charge in [0.1, 0.15) is 5.84 Å². The zero-order chi connectivity index (χ0) is 23.8. The van der Waals surface area contributed by atoms with Gasteiger partial charge in [-0.1, -0.05) is 84.7 Å². The zero-order valence-electron chi connectivity index (χ0n) is 21.5. The van der Waals surface area contributed by atoms with Crippen molar-refractivity contribution in [1.29, 1.82) is 0 Å². The Morgan fingerprint density at radius 2 is 1.63 bits per heavy atom. The van der Waals surface area contributed by atoms with Gasteiger partial charge >= 0.3 is 0 Å². The van der Waals surface area contributed by atoms with Gasteiger partial charge in [0, 0.05) is 24.6 Å². The Hall–Kier alpha value is -0.940. The van der Waals surface area contributed by atoms with E-state index in [-0.39, 0.29) is 0 Å². The van der Waals surface area contributed by atoms with Crippen LogP contribution in [-0.2, 0) is 0 Å². The van der Waals surface area contributed by atoms with Crippen LogP contribution in [0.2, 0.25) is 0 Å². The topological polar surface area (TPSA) is 40.0 Å². The van der Waals surface area contributed by atoms with Gasteiger partial charge in [-0.3, -0.25) is 0 Å². The maximum Gasteiger partial charge on any atom is 0.157 e. The summed E-state index contributed by atoms with van der Waals surface area (Å²) in [6.07, 6.45) is 7.78. The molecule has 1 aliphatic rings. The van der Waals surface area contributed by atoms with Crippen molar-refractivity contribution in [2.75, 3.05) is 26.2 Å². The number of allylic oxidation sites excluding steroid dienone is 1. The molecule has 0 aromatic carbocycles. The molecule has 0 saturated heterocycles. The summed E-state index contributed by atoms with van der Waals surface area (Å²) in [7, 11) is 0. The Morgan fingerprint density at radius 3 is 2.07 bits per heavy atom. The quantitative estimate of drug-likeness (QED) is 0.238. The molecule has 0 amide bonds. The summed E-state index contributed by atoms with van der Waals surface area (Å²) in [4.78, 5) is 13.2. The first-order chi connectivity index (χ1) is 14.6. The number of amidine groups is 1. The van der Waals surface area contributed by atoms with Crippen molar-refractivity contribution in [3.05, 3.63) is 22.5 Å². The van der Waals surface area contributed by atoms with Gasteiger partial charge in [-0.05, 0) is 56.6 Å². The summed E-state index contributed by atoms with van der Waals surface area (Å²) in [5.41, 5.74) is 1.17. The van der Waals surface area contributed by atoms with Gasteiger partial charge in [0.25, 0.3) is 0 Å². The molecule has 0 aromatic heterocycles. The first-order valence-corrected chi connectivity index (χ1v) is 13.1. The molecular formula is C25H51BrN4. The normalized spacial score (nSPS) is 14.7. The second-order valence-corrected chi connectivity index (χ2v) is 6.99. The Balaban J connectivity index is -0.000000926. The Kier molecular flexibility index (Phi) is 29.3. The van der Waals surface area contributed by atoms with E-state index in [1.807, 2.05) is 32.7 Å². The number of rotatable bonds is 11. The van der Waals surface area contributed by atoms with Crippen LogP contribution in [0.3, 0.4) is 0 Å². The Labute approximate surface area is 197 Å². The highest BCUT2D eigenvalue weighted by Crippen LogP contribution is 2.32. The van der Waals surface area contributed by atoms with Gasteiger partial charge in [-0.15, -0.1) is 0 Å². The SMILES string of the molecule is C=NC1=C(/C=C/Br)C(CC)C(N(CCC)CCCNCCC)=N1.CC.CC.CCC. The third kappa shape index (κ3) is 14.1. The standard InChI is InChI=1S/C18H31BrN4.C3H8.2C2H6/c1-5-11-21-12-8-14-23(13-6-2)18-15(7-3)16(9-10-19)17(20-4)22-18;1-3-2;2*1-2/h9-10,15,21H,4-8,11-14H2,1-3H3;3H2,1-2H3;2*1-2H3/b10-9+;;;. The van der Waals surface area contributed by atoms with E-state index in [0.29, 0.717) is 5.92 Å². The van der Waals surface area contributed by atoms with Crippen molar-refractivity contribution in [2.24, 2.45) is 15.9 Å². The molecule has 0 radical (unpaired) electrons. The minimum atomic E-state index is 0.319. The van der Waals surface area contributed by atoms with Crippen molar-refractivity contribution in [3.63, 3.8) is 0 Å². The van der Waals surface area contributed by atoms with E-state index in [1.165, 1.54) is 18.4 Å². The average Bonchev–Trinajstić information content (AvgIpc) is 3.14. The molecule has 1 heterocycles. The van der Waals surface area contributed by atoms with E-state index < -0.39 is 0 Å². The molecule has 0 fully saturated rings. The summed E-state index contributed by atoms with van der Waals surface area (Å²) < 4.78 is 0. The molecule has 1 N–H and O–H groups in total. The van der Waals surface area contributed by atoms with Gasteiger partial charge in [-0.25, -0.2) is 9.98 Å². The lowest BCUT2D eigenvalue weighted by Gasteiger charge is -2.28. The third-order valence-corrected chi connectivity index (χ3v) is 4.26. The fraction of sp³-hybridized carbons (Fsp3) is 0.760. The molecule has 0 saturated carbocycles. The lowest BCUT2D eigenvalue weighted by molar-refractivity contribution is 0.388. The molecule has 5 heteroatoms. The number of hydrogen-bond donors (Lipinski definition) is 1. The highest BCUT2D eigenvalue weighted by Gasteiger charge is 2.30. The van der Waals surface area contributed by atoms with Crippen LogP contribution in [0.15, 0.2) is 32.4 Å². The summed E-state index contributed by atoms with van der Waals surface area (Å²) in [6, 6.07) is 0. The zero-order valence-corrected chi connectivity index (χ0v) is 23.1. The summed E-state index contributed by atoms with van der Waals surface area (Å²) in [5.74, 6) is 2.25. The number of nitrogens with one attached hydrogen (secondary N) is 1. The molecule has 0 bridgehead atoms. The fourth-order valence-electron chi connectivity index (χ4n) is 2.93. The van der Waals surface area contributed by atoms with Gasteiger partial charge in [0.15, 0.2) is 5.82 Å². The maximum absolute atomic E-state index is 4.79. The van der Waals surface area contributed by atoms with Crippen LogP contribution in [0.4, 0.5) is 0 Å². The van der Waals surface area contributed by atoms with Crippen LogP contribution in [-0.4, -0.2) is 43.6 Å². The van der Waals surface area contributed by atoms with Crippen LogP contribution < -0.4 is 5.32 Å². The molecule has 0 aliphatic carbocycles. The second kappa shape index (κ2) is 26.1. The van der Waals surface area contributed by atoms with Gasteiger partial charge in [0.2, 0.25) is 0 Å². The van der Waals surface area contributed by atoms with Crippen LogP contribution in [0.1, 0.15) is 94.4 Å². The van der Waals surface area contributed by atoms with Crippen molar-refractivity contribution in [3.8, 4) is 0 Å². The van der Waals surface area contributed by atoms with Crippen molar-refractivity contribution >= 4 is 28.5 Å². The molecule has 178 valence electrons. The third-order valence-electron chi connectivity index (χ3n) is 3.99. The van der Waals surface area contributed by atoms with Crippen LogP contribution in [0.5, 0.6) is 0 Å². The van der Waals surface area contributed by atoms with Crippen molar-refractivity contribution in [2.45, 2.75) is 94.4 Å². The van der Waals surface area contributed by atoms with E-state index in [2.05, 4.69) is 78.6 Å². The highest BCUT2D eigenvalue weighted by atomic mass is 79.9. The molecule has 1 unspecified atom stereocenters. The van der Waals surface area contributed by atoms with E-state index in [0.717, 1.165) is 57.1 Å². The van der Waals surface area contributed by atoms with Crippen LogP contribution in [0, 0.1) is 5.92 Å². The lowest BCUT2D eigenvalue weighted by atomic mass is 9.96. The lowest BCUT2D eigenvalue weighted by Crippen LogP contribution is -2.37. The maximum atomic E-state index is 4.79. The first kappa shape index (κ1) is 33.7. The van der Waals surface area contributed by atoms with Crippen molar-refractivity contribution in [1.82, 2.24) is 10.2 Å². The molecular weight excluding hydrogens is 436 g/mol. The van der Waals surface area contributed by atoms with Crippen molar-refractivity contribution < 1.29 is 0 Å². The molecule has 1 aliphatic heterocycles. The molecule has 30 heavy (non-hydrogen) atoms. The minimum Gasteiger partial charge on any atom is -0.359 e. The Bertz CT molecular complexity index is 470. The molecule has 0 spiro atoms. The summed E-state index contributed by atoms with van der Waals surface area (Å²) in [5, 5.41) is 3.47. The average molecular weight is 488 g/mol. The highest BCUT2D eigenvalue weighted by molar-refractivity contribution is 9.11. The number of aliphatic imine (C=N–C) groups is 2. The van der Waals surface area contributed by atoms with E-state index >= 15 is 0 Å². The molecule has 4 nitrogen and oxygen atoms in total. The van der Waals surface area contributed by atoms with E-state index in [4.69, 9.17) is 4.99 Å². The monoisotopic (exact) mass is 486 g/mol. The minimum absolute atomic E-state index is 0.319. The van der Waals surface area contributed by atoms with Gasteiger partial charge in [0.05, 0.1) is 0 Å². The first-order valence-electron chi connectivity index (χ1n) is 12.2. The van der Waals surface area contributed by atoms with Crippen LogP contribution in [0.25, 0.3) is 0 Å². The van der Waals surface area contributed by atoms with E-state index in [1.54, 1.807) is 0 Å². The fourth-order valence-corrected chi connectivity index (χ4v) is 3.22. The van der Waals surface area contributed by atoms with E-state index in [9.17, 15) is 0 Å². The molecule has 1 atom stereocenters. The van der Waals surface area contributed by atoms with Gasteiger partial charge < -0.3 is 10.2 Å². The van der Waals surface area contributed by atoms with Gasteiger partial charge in [-0.2, -0.15) is 0 Å². The Morgan fingerprint density at radius 1 is 1.03 bits per heavy atom. The summed E-state index contributed by atoms with van der Waals surface area (Å²) in [6.45, 7) is 26.8. The molecule has 0 aromatic rings. The predicted octanol–water partition coefficient (Wildman–Crippen LogP) is 7.82. The molecule has 1 rings (SSSR count). The number of halogens is 1. The smallest absolute Gasteiger partial charge is 0.157 e. The number of hydrogen-bond acceptors (Lipinski definition) is 4. The number of nitrogens with zero attached hydrogens (tertiary/aromatic N) is 3.